The van der Waals surface area contributed by atoms with Gasteiger partial charge in [0.05, 0.1) is 30.4 Å². The van der Waals surface area contributed by atoms with Crippen molar-refractivity contribution in [3.05, 3.63) is 71.6 Å². The number of hydrogen-bond donors (Lipinski definition) is 0. The zero-order valence-corrected chi connectivity index (χ0v) is 24.8. The number of amides is 1. The molecule has 41 heavy (non-hydrogen) atoms. The number of rotatable bonds is 11. The Labute approximate surface area is 243 Å². The van der Waals surface area contributed by atoms with Crippen LogP contribution >= 0.6 is 0 Å². The highest BCUT2D eigenvalue weighted by Gasteiger charge is 2.38. The number of carbonyl (C=O) groups excluding carboxylic acids is 1. The Morgan fingerprint density at radius 1 is 1.05 bits per heavy atom. The Morgan fingerprint density at radius 2 is 1.85 bits per heavy atom. The molecule has 1 heterocycles. The van der Waals surface area contributed by atoms with Crippen molar-refractivity contribution in [2.45, 2.75) is 90.3 Å². The molecule has 0 radical (unpaired) electrons. The summed E-state index contributed by atoms with van der Waals surface area (Å²) < 4.78 is 44.6. The maximum atomic E-state index is 15.0. The van der Waals surface area contributed by atoms with Crippen molar-refractivity contribution in [3.63, 3.8) is 0 Å². The Bertz CT molecular complexity index is 1150. The molecule has 1 saturated heterocycles. The van der Waals surface area contributed by atoms with E-state index in [1.54, 1.807) is 11.0 Å². The van der Waals surface area contributed by atoms with Crippen LogP contribution in [0.4, 0.5) is 9.18 Å². The summed E-state index contributed by atoms with van der Waals surface area (Å²) in [7, 11) is 0. The third-order valence-corrected chi connectivity index (χ3v) is 7.31. The minimum Gasteiger partial charge on any atom is -0.488 e. The standard InChI is InChI=1S/C33H44FNO6/c1-5-37-23-40-29-15-10-20-35(32(36)41-33(2,3)4)28(29)22-38-26-18-16-25(17-19-26)31-27(34)13-9-14-30(31)39-21-24-11-7-6-8-12-24/h6-9,11-14,16,26,28-29H,5,10,15,17-23H2,1-4H3. The van der Waals surface area contributed by atoms with Crippen LogP contribution in [0.25, 0.3) is 5.57 Å². The van der Waals surface area contributed by atoms with Crippen LogP contribution in [-0.2, 0) is 25.6 Å². The molecule has 2 aromatic carbocycles. The molecule has 2 aromatic rings. The van der Waals surface area contributed by atoms with Gasteiger partial charge in [0.25, 0.3) is 0 Å². The number of ether oxygens (including phenoxy) is 5. The van der Waals surface area contributed by atoms with E-state index in [-0.39, 0.29) is 37.0 Å². The topological polar surface area (TPSA) is 66.5 Å². The van der Waals surface area contributed by atoms with Gasteiger partial charge in [-0.15, -0.1) is 0 Å². The second-order valence-corrected chi connectivity index (χ2v) is 11.5. The lowest BCUT2D eigenvalue weighted by Gasteiger charge is -2.41. The highest BCUT2D eigenvalue weighted by molar-refractivity contribution is 5.72. The molecule has 1 amide bonds. The van der Waals surface area contributed by atoms with E-state index in [1.807, 2.05) is 64.1 Å². The number of benzene rings is 2. The van der Waals surface area contributed by atoms with E-state index in [9.17, 15) is 4.79 Å². The Morgan fingerprint density at radius 3 is 2.56 bits per heavy atom. The van der Waals surface area contributed by atoms with Gasteiger partial charge in [-0.05, 0) is 83.1 Å². The van der Waals surface area contributed by atoms with Crippen LogP contribution in [-0.4, -0.2) is 61.4 Å². The molecule has 2 aliphatic rings. The summed E-state index contributed by atoms with van der Waals surface area (Å²) in [6, 6.07) is 14.6. The summed E-state index contributed by atoms with van der Waals surface area (Å²) in [6.07, 6.45) is 5.12. The first-order chi connectivity index (χ1) is 19.7. The van der Waals surface area contributed by atoms with E-state index in [0.29, 0.717) is 50.5 Å². The number of nitrogens with zero attached hydrogens (tertiary/aromatic N) is 1. The molecule has 1 aliphatic heterocycles. The second kappa shape index (κ2) is 14.8. The highest BCUT2D eigenvalue weighted by Crippen LogP contribution is 2.36. The zero-order valence-electron chi connectivity index (χ0n) is 24.8. The van der Waals surface area contributed by atoms with E-state index in [2.05, 4.69) is 6.08 Å². The molecule has 0 spiro atoms. The van der Waals surface area contributed by atoms with Crippen LogP contribution in [0.15, 0.2) is 54.6 Å². The van der Waals surface area contributed by atoms with Crippen LogP contribution in [0.2, 0.25) is 0 Å². The maximum absolute atomic E-state index is 15.0. The van der Waals surface area contributed by atoms with Gasteiger partial charge >= 0.3 is 6.09 Å². The third-order valence-electron chi connectivity index (χ3n) is 7.31. The smallest absolute Gasteiger partial charge is 0.410 e. The summed E-state index contributed by atoms with van der Waals surface area (Å²) in [6.45, 7) is 9.53. The molecule has 0 saturated carbocycles. The molecule has 224 valence electrons. The molecular formula is C33H44FNO6. The quantitative estimate of drug-likeness (QED) is 0.212. The van der Waals surface area contributed by atoms with Gasteiger partial charge in [0.15, 0.2) is 0 Å². The summed E-state index contributed by atoms with van der Waals surface area (Å²) in [4.78, 5) is 14.8. The molecule has 8 heteroatoms. The number of piperidine rings is 1. The second-order valence-electron chi connectivity index (χ2n) is 11.5. The van der Waals surface area contributed by atoms with Crippen molar-refractivity contribution in [2.75, 3.05) is 26.6 Å². The van der Waals surface area contributed by atoms with E-state index in [1.165, 1.54) is 6.07 Å². The predicted molar refractivity (Wildman–Crippen MR) is 156 cm³/mol. The number of halogens is 1. The molecule has 0 aromatic heterocycles. The van der Waals surface area contributed by atoms with Crippen molar-refractivity contribution < 1.29 is 32.9 Å². The predicted octanol–water partition coefficient (Wildman–Crippen LogP) is 7.14. The monoisotopic (exact) mass is 569 g/mol. The molecule has 3 atom stereocenters. The van der Waals surface area contributed by atoms with Crippen molar-refractivity contribution in [2.24, 2.45) is 0 Å². The molecule has 1 aliphatic carbocycles. The first kappa shape index (κ1) is 31.0. The molecule has 4 rings (SSSR count). The first-order valence-electron chi connectivity index (χ1n) is 14.7. The van der Waals surface area contributed by atoms with Crippen molar-refractivity contribution in [3.8, 4) is 5.75 Å². The molecule has 1 fully saturated rings. The lowest BCUT2D eigenvalue weighted by Crippen LogP contribution is -2.55. The summed E-state index contributed by atoms with van der Waals surface area (Å²) in [5, 5.41) is 0. The third kappa shape index (κ3) is 9.02. The first-order valence-corrected chi connectivity index (χ1v) is 14.7. The fraction of sp³-hybridized carbons (Fsp3) is 0.545. The largest absolute Gasteiger partial charge is 0.488 e. The summed E-state index contributed by atoms with van der Waals surface area (Å²) in [5.41, 5.74) is 1.88. The van der Waals surface area contributed by atoms with Crippen LogP contribution in [0, 0.1) is 5.82 Å². The fourth-order valence-electron chi connectivity index (χ4n) is 5.27. The molecule has 7 nitrogen and oxygen atoms in total. The van der Waals surface area contributed by atoms with E-state index in [0.717, 1.165) is 30.4 Å². The molecule has 0 N–H and O–H groups in total. The van der Waals surface area contributed by atoms with E-state index < -0.39 is 5.60 Å². The number of hydrogen-bond acceptors (Lipinski definition) is 6. The van der Waals surface area contributed by atoms with Crippen molar-refractivity contribution in [1.29, 1.82) is 0 Å². The summed E-state index contributed by atoms with van der Waals surface area (Å²) >= 11 is 0. The van der Waals surface area contributed by atoms with Gasteiger partial charge in [-0.1, -0.05) is 42.5 Å². The van der Waals surface area contributed by atoms with Crippen molar-refractivity contribution in [1.82, 2.24) is 4.90 Å². The minimum absolute atomic E-state index is 0.0471. The average molecular weight is 570 g/mol. The van der Waals surface area contributed by atoms with E-state index in [4.69, 9.17) is 23.7 Å². The van der Waals surface area contributed by atoms with Gasteiger partial charge in [-0.2, -0.15) is 0 Å². The van der Waals surface area contributed by atoms with Crippen LogP contribution in [0.5, 0.6) is 5.75 Å². The normalized spacial score (nSPS) is 21.3. The number of allylic oxidation sites excluding steroid dienone is 1. The van der Waals surface area contributed by atoms with Gasteiger partial charge in [-0.25, -0.2) is 9.18 Å². The molecule has 0 bridgehead atoms. The SMILES string of the molecule is CCOCOC1CCCN(C(=O)OC(C)(C)C)C1COC1CC=C(c2c(F)cccc2OCc2ccccc2)CC1. The van der Waals surface area contributed by atoms with Gasteiger partial charge in [0, 0.05) is 13.2 Å². The average Bonchev–Trinajstić information content (AvgIpc) is 2.95. The Hall–Kier alpha value is -2.94. The van der Waals surface area contributed by atoms with E-state index >= 15 is 4.39 Å². The van der Waals surface area contributed by atoms with Crippen molar-refractivity contribution >= 4 is 11.7 Å². The number of carbonyl (C=O) groups is 1. The van der Waals surface area contributed by atoms with Gasteiger partial charge < -0.3 is 28.6 Å². The zero-order chi connectivity index (χ0) is 29.2. The Balaban J connectivity index is 1.40. The number of likely N-dealkylation sites (tertiary alicyclic amines) is 1. The molecular weight excluding hydrogens is 525 g/mol. The van der Waals surface area contributed by atoms with Crippen LogP contribution in [0.3, 0.4) is 0 Å². The van der Waals surface area contributed by atoms with Gasteiger partial charge in [0.1, 0.15) is 30.6 Å². The molecule has 3 unspecified atom stereocenters. The minimum atomic E-state index is -0.595. The maximum Gasteiger partial charge on any atom is 0.410 e. The Kier molecular flexibility index (Phi) is 11.2. The summed E-state index contributed by atoms with van der Waals surface area (Å²) in [5.74, 6) is 0.259. The lowest BCUT2D eigenvalue weighted by molar-refractivity contribution is -0.137. The van der Waals surface area contributed by atoms with Crippen LogP contribution < -0.4 is 4.74 Å². The van der Waals surface area contributed by atoms with Gasteiger partial charge in [0.2, 0.25) is 0 Å². The van der Waals surface area contributed by atoms with Gasteiger partial charge in [-0.3, -0.25) is 0 Å². The highest BCUT2D eigenvalue weighted by atomic mass is 19.1. The lowest BCUT2D eigenvalue weighted by atomic mass is 9.91. The fourth-order valence-corrected chi connectivity index (χ4v) is 5.27. The van der Waals surface area contributed by atoms with Crippen LogP contribution in [0.1, 0.15) is 70.9 Å².